The summed E-state index contributed by atoms with van der Waals surface area (Å²) in [5.74, 6) is 1.08. The van der Waals surface area contributed by atoms with E-state index in [4.69, 9.17) is 9.47 Å². The molecule has 0 atom stereocenters. The second-order valence-electron chi connectivity index (χ2n) is 5.29. The van der Waals surface area contributed by atoms with E-state index in [2.05, 4.69) is 15.3 Å². The number of aromatic nitrogens is 2. The molecule has 0 fully saturated rings. The van der Waals surface area contributed by atoms with E-state index in [0.29, 0.717) is 29.7 Å². The average molecular weight is 355 g/mol. The minimum atomic E-state index is -0.334. The molecule has 1 amide bonds. The summed E-state index contributed by atoms with van der Waals surface area (Å²) in [7, 11) is 0. The van der Waals surface area contributed by atoms with Crippen molar-refractivity contribution in [3.05, 3.63) is 57.8 Å². The number of nitrogens with zero attached hydrogens (tertiary/aromatic N) is 1. The highest BCUT2D eigenvalue weighted by molar-refractivity contribution is 7.14. The van der Waals surface area contributed by atoms with Crippen molar-refractivity contribution in [3.8, 4) is 22.8 Å². The summed E-state index contributed by atoms with van der Waals surface area (Å²) in [5.41, 5.74) is 1.71. The van der Waals surface area contributed by atoms with Crippen molar-refractivity contribution in [2.45, 2.75) is 0 Å². The van der Waals surface area contributed by atoms with Crippen molar-refractivity contribution in [1.29, 1.82) is 0 Å². The molecule has 0 radical (unpaired) electrons. The normalized spacial score (nSPS) is 12.6. The van der Waals surface area contributed by atoms with E-state index in [1.165, 1.54) is 29.7 Å². The summed E-state index contributed by atoms with van der Waals surface area (Å²) >= 11 is 1.32. The van der Waals surface area contributed by atoms with Crippen LogP contribution < -0.4 is 20.3 Å². The molecule has 2 N–H and O–H groups in total. The molecule has 4 rings (SSSR count). The van der Waals surface area contributed by atoms with Gasteiger partial charge in [-0.3, -0.25) is 14.9 Å². The van der Waals surface area contributed by atoms with Crippen LogP contribution in [0.1, 0.15) is 10.4 Å². The number of thiazole rings is 1. The van der Waals surface area contributed by atoms with Gasteiger partial charge in [0.15, 0.2) is 16.6 Å². The number of amides is 1. The lowest BCUT2D eigenvalue weighted by molar-refractivity contribution is 0.102. The number of ether oxygens (including phenoxy) is 2. The van der Waals surface area contributed by atoms with Crippen LogP contribution in [-0.2, 0) is 0 Å². The van der Waals surface area contributed by atoms with Crippen molar-refractivity contribution in [1.82, 2.24) is 9.97 Å². The maximum Gasteiger partial charge on any atom is 0.258 e. The number of aromatic amines is 1. The van der Waals surface area contributed by atoms with Crippen molar-refractivity contribution in [2.75, 3.05) is 18.5 Å². The summed E-state index contributed by atoms with van der Waals surface area (Å²) in [6.07, 6.45) is 1.37. The molecule has 25 heavy (non-hydrogen) atoms. The summed E-state index contributed by atoms with van der Waals surface area (Å²) < 4.78 is 11.1. The number of benzene rings is 1. The van der Waals surface area contributed by atoms with Crippen LogP contribution in [0.4, 0.5) is 5.13 Å². The zero-order valence-corrected chi connectivity index (χ0v) is 13.8. The summed E-state index contributed by atoms with van der Waals surface area (Å²) in [5, 5.41) is 5.05. The molecule has 0 aliphatic carbocycles. The van der Waals surface area contributed by atoms with Crippen LogP contribution in [-0.4, -0.2) is 29.1 Å². The van der Waals surface area contributed by atoms with Gasteiger partial charge in [0.2, 0.25) is 5.56 Å². The van der Waals surface area contributed by atoms with Crippen LogP contribution >= 0.6 is 11.3 Å². The SMILES string of the molecule is O=C(Nc1nc(-c2ccc3c(c2)OCCO3)cs1)c1ccc(=O)[nH]c1. The molecular formula is C17H13N3O4S. The molecule has 1 aromatic carbocycles. The van der Waals surface area contributed by atoms with Crippen molar-refractivity contribution < 1.29 is 14.3 Å². The number of carbonyl (C=O) groups is 1. The van der Waals surface area contributed by atoms with Crippen LogP contribution in [0.2, 0.25) is 0 Å². The molecule has 3 heterocycles. The monoisotopic (exact) mass is 355 g/mol. The quantitative estimate of drug-likeness (QED) is 0.753. The van der Waals surface area contributed by atoms with Crippen molar-refractivity contribution in [3.63, 3.8) is 0 Å². The first-order valence-corrected chi connectivity index (χ1v) is 8.43. The number of fused-ring (bicyclic) bond motifs is 1. The Labute approximate surface area is 146 Å². The Morgan fingerprint density at radius 3 is 2.80 bits per heavy atom. The molecule has 1 aliphatic rings. The molecule has 2 aromatic heterocycles. The molecule has 3 aromatic rings. The predicted molar refractivity (Wildman–Crippen MR) is 93.6 cm³/mol. The lowest BCUT2D eigenvalue weighted by Gasteiger charge is -2.18. The number of pyridine rings is 1. The third-order valence-electron chi connectivity index (χ3n) is 3.61. The summed E-state index contributed by atoms with van der Waals surface area (Å²) in [6.45, 7) is 1.07. The van der Waals surface area contributed by atoms with E-state index in [1.54, 1.807) is 0 Å². The second-order valence-corrected chi connectivity index (χ2v) is 6.15. The van der Waals surface area contributed by atoms with Gasteiger partial charge in [0.25, 0.3) is 5.91 Å². The van der Waals surface area contributed by atoms with Crippen LogP contribution in [0, 0.1) is 0 Å². The Hall–Kier alpha value is -3.13. The molecule has 0 saturated heterocycles. The van der Waals surface area contributed by atoms with E-state index < -0.39 is 0 Å². The smallest absolute Gasteiger partial charge is 0.258 e. The highest BCUT2D eigenvalue weighted by Gasteiger charge is 2.15. The fraction of sp³-hybridized carbons (Fsp3) is 0.118. The summed E-state index contributed by atoms with van der Waals surface area (Å²) in [4.78, 5) is 30.1. The molecule has 0 unspecified atom stereocenters. The summed E-state index contributed by atoms with van der Waals surface area (Å²) in [6, 6.07) is 8.38. The Morgan fingerprint density at radius 1 is 1.16 bits per heavy atom. The van der Waals surface area contributed by atoms with Crippen LogP contribution in [0.3, 0.4) is 0 Å². The molecule has 8 heteroatoms. The van der Waals surface area contributed by atoms with Gasteiger partial charge in [0, 0.05) is 23.2 Å². The van der Waals surface area contributed by atoms with E-state index in [-0.39, 0.29) is 11.5 Å². The minimum Gasteiger partial charge on any atom is -0.486 e. The van der Waals surface area contributed by atoms with E-state index >= 15 is 0 Å². The van der Waals surface area contributed by atoms with Gasteiger partial charge in [0.05, 0.1) is 11.3 Å². The largest absolute Gasteiger partial charge is 0.486 e. The highest BCUT2D eigenvalue weighted by Crippen LogP contribution is 2.35. The van der Waals surface area contributed by atoms with Gasteiger partial charge >= 0.3 is 0 Å². The number of carbonyl (C=O) groups excluding carboxylic acids is 1. The zero-order valence-electron chi connectivity index (χ0n) is 12.9. The third-order valence-corrected chi connectivity index (χ3v) is 4.37. The third kappa shape index (κ3) is 3.24. The molecular weight excluding hydrogens is 342 g/mol. The Balaban J connectivity index is 1.53. The van der Waals surface area contributed by atoms with Gasteiger partial charge in [-0.25, -0.2) is 4.98 Å². The molecule has 7 nitrogen and oxygen atoms in total. The van der Waals surface area contributed by atoms with E-state index in [1.807, 2.05) is 23.6 Å². The highest BCUT2D eigenvalue weighted by atomic mass is 32.1. The van der Waals surface area contributed by atoms with Gasteiger partial charge in [-0.1, -0.05) is 0 Å². The number of hydrogen-bond donors (Lipinski definition) is 2. The Morgan fingerprint density at radius 2 is 2.00 bits per heavy atom. The van der Waals surface area contributed by atoms with Gasteiger partial charge in [-0.05, 0) is 24.3 Å². The van der Waals surface area contributed by atoms with Gasteiger partial charge in [0.1, 0.15) is 13.2 Å². The van der Waals surface area contributed by atoms with Crippen molar-refractivity contribution >= 4 is 22.4 Å². The maximum absolute atomic E-state index is 12.2. The first-order valence-electron chi connectivity index (χ1n) is 7.55. The second kappa shape index (κ2) is 6.40. The van der Waals surface area contributed by atoms with E-state index in [9.17, 15) is 9.59 Å². The Kier molecular flexibility index (Phi) is 3.95. The minimum absolute atomic E-state index is 0.258. The topological polar surface area (TPSA) is 93.3 Å². The first-order chi connectivity index (χ1) is 12.2. The lowest BCUT2D eigenvalue weighted by atomic mass is 10.1. The van der Waals surface area contributed by atoms with Crippen LogP contribution in [0.15, 0.2) is 46.7 Å². The average Bonchev–Trinajstić information content (AvgIpc) is 3.10. The number of anilines is 1. The lowest BCUT2D eigenvalue weighted by Crippen LogP contribution is -2.15. The van der Waals surface area contributed by atoms with Gasteiger partial charge in [-0.15, -0.1) is 11.3 Å². The van der Waals surface area contributed by atoms with Gasteiger partial charge in [-0.2, -0.15) is 0 Å². The zero-order chi connectivity index (χ0) is 17.2. The fourth-order valence-corrected chi connectivity index (χ4v) is 3.10. The number of hydrogen-bond acceptors (Lipinski definition) is 6. The first kappa shape index (κ1) is 15.4. The molecule has 1 aliphatic heterocycles. The number of H-pyrrole nitrogens is 1. The maximum atomic E-state index is 12.2. The van der Waals surface area contributed by atoms with E-state index in [0.717, 1.165) is 17.0 Å². The van der Waals surface area contributed by atoms with Crippen LogP contribution in [0.25, 0.3) is 11.3 Å². The Bertz CT molecular complexity index is 975. The number of rotatable bonds is 3. The number of nitrogens with one attached hydrogen (secondary N) is 2. The van der Waals surface area contributed by atoms with Gasteiger partial charge < -0.3 is 14.5 Å². The molecule has 0 saturated carbocycles. The van der Waals surface area contributed by atoms with Crippen LogP contribution in [0.5, 0.6) is 11.5 Å². The fourth-order valence-electron chi connectivity index (χ4n) is 2.39. The standard InChI is InChI=1S/C17H13N3O4S/c21-15-4-2-11(8-18-15)16(22)20-17-19-12(9-25-17)10-1-3-13-14(7-10)24-6-5-23-13/h1-4,7-9H,5-6H2,(H,18,21)(H,19,20,22). The predicted octanol–water partition coefficient (Wildman–Crippen LogP) is 2.52. The van der Waals surface area contributed by atoms with Crippen molar-refractivity contribution in [2.24, 2.45) is 0 Å². The molecule has 126 valence electrons. The molecule has 0 bridgehead atoms. The molecule has 0 spiro atoms.